The zero-order valence-electron chi connectivity index (χ0n) is 10.9. The Hall–Kier alpha value is -1.64. The van der Waals surface area contributed by atoms with Crippen molar-refractivity contribution < 1.29 is 0 Å². The van der Waals surface area contributed by atoms with E-state index in [1.165, 1.54) is 36.9 Å². The van der Waals surface area contributed by atoms with Crippen molar-refractivity contribution in [3.63, 3.8) is 0 Å². The van der Waals surface area contributed by atoms with Gasteiger partial charge in [-0.25, -0.2) is 0 Å². The molecule has 0 amide bonds. The highest BCUT2D eigenvalue weighted by Crippen LogP contribution is 2.23. The second kappa shape index (κ2) is 4.92. The highest BCUT2D eigenvalue weighted by Gasteiger charge is 2.12. The average Bonchev–Trinajstić information content (AvgIpc) is 2.76. The average molecular weight is 241 g/mol. The first-order chi connectivity index (χ1) is 8.84. The van der Waals surface area contributed by atoms with Gasteiger partial charge in [0.25, 0.3) is 0 Å². The van der Waals surface area contributed by atoms with Crippen LogP contribution in [0.5, 0.6) is 0 Å². The quantitative estimate of drug-likeness (QED) is 0.768. The van der Waals surface area contributed by atoms with Crippen LogP contribution in [-0.2, 0) is 19.9 Å². The molecule has 1 aliphatic rings. The van der Waals surface area contributed by atoms with Crippen LogP contribution in [0.15, 0.2) is 24.4 Å². The molecule has 3 nitrogen and oxygen atoms in total. The Morgan fingerprint density at radius 3 is 2.67 bits per heavy atom. The number of fused-ring (bicyclic) bond motifs is 1. The molecule has 0 spiro atoms. The number of rotatable bonds is 1. The van der Waals surface area contributed by atoms with E-state index in [2.05, 4.69) is 26.9 Å². The number of nitrogens with zero attached hydrogens (tertiary/aromatic N) is 3. The van der Waals surface area contributed by atoms with Gasteiger partial charge in [0.05, 0.1) is 11.4 Å². The molecule has 0 radical (unpaired) electrons. The van der Waals surface area contributed by atoms with Crippen LogP contribution in [0.3, 0.4) is 0 Å². The summed E-state index contributed by atoms with van der Waals surface area (Å²) in [6.45, 7) is 0. The Labute approximate surface area is 108 Å². The lowest BCUT2D eigenvalue weighted by atomic mass is 9.97. The van der Waals surface area contributed by atoms with Crippen LogP contribution in [-0.4, -0.2) is 14.8 Å². The first-order valence-corrected chi connectivity index (χ1v) is 6.82. The van der Waals surface area contributed by atoms with Gasteiger partial charge in [-0.3, -0.25) is 0 Å². The summed E-state index contributed by atoms with van der Waals surface area (Å²) >= 11 is 0. The summed E-state index contributed by atoms with van der Waals surface area (Å²) in [7, 11) is 2.05. The summed E-state index contributed by atoms with van der Waals surface area (Å²) in [5, 5.41) is 8.85. The molecule has 2 heterocycles. The zero-order valence-corrected chi connectivity index (χ0v) is 10.9. The van der Waals surface area contributed by atoms with E-state index < -0.39 is 0 Å². The van der Waals surface area contributed by atoms with Crippen molar-refractivity contribution in [2.24, 2.45) is 7.05 Å². The van der Waals surface area contributed by atoms with Crippen molar-refractivity contribution in [1.29, 1.82) is 0 Å². The maximum Gasteiger partial charge on any atom is 0.110 e. The SMILES string of the molecule is Cn1cccc1-c1cc2c(nn1)CCCCCC2. The number of aryl methyl sites for hydroxylation is 3. The molecule has 1 aliphatic carbocycles. The lowest BCUT2D eigenvalue weighted by molar-refractivity contribution is 0.603. The molecule has 0 atom stereocenters. The molecule has 94 valence electrons. The molecule has 3 rings (SSSR count). The minimum absolute atomic E-state index is 1.00. The Morgan fingerprint density at radius 2 is 1.89 bits per heavy atom. The van der Waals surface area contributed by atoms with Crippen LogP contribution in [0.2, 0.25) is 0 Å². The second-order valence-corrected chi connectivity index (χ2v) is 5.12. The third-order valence-electron chi connectivity index (χ3n) is 3.78. The van der Waals surface area contributed by atoms with Gasteiger partial charge in [-0.2, -0.15) is 5.10 Å². The lowest BCUT2D eigenvalue weighted by Gasteiger charge is -2.13. The molecule has 0 aromatic carbocycles. The monoisotopic (exact) mass is 241 g/mol. The van der Waals surface area contributed by atoms with Gasteiger partial charge in [0.15, 0.2) is 0 Å². The van der Waals surface area contributed by atoms with Crippen molar-refractivity contribution in [1.82, 2.24) is 14.8 Å². The molecule has 0 unspecified atom stereocenters. The summed E-state index contributed by atoms with van der Waals surface area (Å²) in [6, 6.07) is 6.38. The van der Waals surface area contributed by atoms with Crippen molar-refractivity contribution in [2.75, 3.05) is 0 Å². The van der Waals surface area contributed by atoms with Gasteiger partial charge in [-0.05, 0) is 49.4 Å². The van der Waals surface area contributed by atoms with Crippen LogP contribution in [0.4, 0.5) is 0 Å². The van der Waals surface area contributed by atoms with E-state index in [-0.39, 0.29) is 0 Å². The minimum Gasteiger partial charge on any atom is -0.349 e. The lowest BCUT2D eigenvalue weighted by Crippen LogP contribution is -2.05. The van der Waals surface area contributed by atoms with E-state index in [4.69, 9.17) is 0 Å². The van der Waals surface area contributed by atoms with Crippen molar-refractivity contribution >= 4 is 0 Å². The fourth-order valence-electron chi connectivity index (χ4n) is 2.70. The molecule has 0 bridgehead atoms. The summed E-state index contributed by atoms with van der Waals surface area (Å²) in [5.74, 6) is 0. The maximum absolute atomic E-state index is 4.45. The van der Waals surface area contributed by atoms with E-state index in [1.54, 1.807) is 0 Å². The molecule has 3 heteroatoms. The van der Waals surface area contributed by atoms with E-state index in [0.717, 1.165) is 24.2 Å². The zero-order chi connectivity index (χ0) is 12.4. The second-order valence-electron chi connectivity index (χ2n) is 5.12. The van der Waals surface area contributed by atoms with E-state index in [0.29, 0.717) is 0 Å². The third kappa shape index (κ3) is 2.17. The summed E-state index contributed by atoms with van der Waals surface area (Å²) < 4.78 is 2.10. The standard InChI is InChI=1S/C15H19N3/c1-18-10-6-9-15(18)14-11-12-7-4-2-3-5-8-13(12)16-17-14/h6,9-11H,2-5,7-8H2,1H3. The van der Waals surface area contributed by atoms with E-state index in [9.17, 15) is 0 Å². The minimum atomic E-state index is 1.00. The van der Waals surface area contributed by atoms with Gasteiger partial charge in [-0.15, -0.1) is 5.10 Å². The van der Waals surface area contributed by atoms with Crippen LogP contribution < -0.4 is 0 Å². The maximum atomic E-state index is 4.45. The van der Waals surface area contributed by atoms with Crippen LogP contribution in [0.25, 0.3) is 11.4 Å². The van der Waals surface area contributed by atoms with Crippen LogP contribution >= 0.6 is 0 Å². The first kappa shape index (κ1) is 11.5. The van der Waals surface area contributed by atoms with Crippen molar-refractivity contribution in [3.8, 4) is 11.4 Å². The molecule has 2 aromatic heterocycles. The fraction of sp³-hybridized carbons (Fsp3) is 0.467. The highest BCUT2D eigenvalue weighted by atomic mass is 15.1. The molecule has 2 aromatic rings. The Bertz CT molecular complexity index is 542. The Morgan fingerprint density at radius 1 is 1.06 bits per heavy atom. The number of aromatic nitrogens is 3. The van der Waals surface area contributed by atoms with Crippen LogP contribution in [0.1, 0.15) is 36.9 Å². The molecular formula is C15H19N3. The molecule has 0 N–H and O–H groups in total. The predicted octanol–water partition coefficient (Wildman–Crippen LogP) is 3.14. The molecule has 0 saturated heterocycles. The molecule has 0 fully saturated rings. The largest absolute Gasteiger partial charge is 0.349 e. The van der Waals surface area contributed by atoms with Gasteiger partial charge in [0.1, 0.15) is 5.69 Å². The molecular weight excluding hydrogens is 222 g/mol. The fourth-order valence-corrected chi connectivity index (χ4v) is 2.70. The van der Waals surface area contributed by atoms with E-state index >= 15 is 0 Å². The molecule has 18 heavy (non-hydrogen) atoms. The topological polar surface area (TPSA) is 30.7 Å². The van der Waals surface area contributed by atoms with Crippen LogP contribution in [0, 0.1) is 0 Å². The number of hydrogen-bond donors (Lipinski definition) is 0. The first-order valence-electron chi connectivity index (χ1n) is 6.82. The smallest absolute Gasteiger partial charge is 0.110 e. The van der Waals surface area contributed by atoms with Gasteiger partial charge in [-0.1, -0.05) is 12.8 Å². The van der Waals surface area contributed by atoms with Gasteiger partial charge in [0.2, 0.25) is 0 Å². The van der Waals surface area contributed by atoms with Gasteiger partial charge >= 0.3 is 0 Å². The summed E-state index contributed by atoms with van der Waals surface area (Å²) in [6.07, 6.45) is 9.52. The predicted molar refractivity (Wildman–Crippen MR) is 72.3 cm³/mol. The number of hydrogen-bond acceptors (Lipinski definition) is 2. The summed E-state index contributed by atoms with van der Waals surface area (Å²) in [4.78, 5) is 0. The van der Waals surface area contributed by atoms with Gasteiger partial charge < -0.3 is 4.57 Å². The molecule has 0 aliphatic heterocycles. The Kier molecular flexibility index (Phi) is 3.13. The third-order valence-corrected chi connectivity index (χ3v) is 3.78. The normalized spacial score (nSPS) is 15.8. The molecule has 0 saturated carbocycles. The van der Waals surface area contributed by atoms with Crippen molar-refractivity contribution in [3.05, 3.63) is 35.7 Å². The highest BCUT2D eigenvalue weighted by molar-refractivity contribution is 5.55. The van der Waals surface area contributed by atoms with Crippen molar-refractivity contribution in [2.45, 2.75) is 38.5 Å². The summed E-state index contributed by atoms with van der Waals surface area (Å²) in [5.41, 5.74) is 4.77. The van der Waals surface area contributed by atoms with E-state index in [1.807, 2.05) is 19.3 Å². The Balaban J connectivity index is 1.99. The van der Waals surface area contributed by atoms with Gasteiger partial charge in [0, 0.05) is 13.2 Å².